The minimum Gasteiger partial charge on any atom is -0.397 e. The molecule has 0 radical (unpaired) electrons. The maximum Gasteiger partial charge on any atom is 0.254 e. The third kappa shape index (κ3) is 3.40. The lowest BCUT2D eigenvalue weighted by atomic mass is 10.1. The van der Waals surface area contributed by atoms with Crippen molar-refractivity contribution >= 4 is 17.3 Å². The number of nitrogens with two attached hydrogens (primary N) is 3. The summed E-state index contributed by atoms with van der Waals surface area (Å²) in [7, 11) is 0. The summed E-state index contributed by atoms with van der Waals surface area (Å²) in [5.41, 5.74) is 18.4. The van der Waals surface area contributed by atoms with Crippen molar-refractivity contribution in [3.05, 3.63) is 23.8 Å². The van der Waals surface area contributed by atoms with E-state index in [-0.39, 0.29) is 12.0 Å². The van der Waals surface area contributed by atoms with E-state index in [1.165, 1.54) is 0 Å². The van der Waals surface area contributed by atoms with Crippen LogP contribution in [0.4, 0.5) is 11.4 Å². The highest BCUT2D eigenvalue weighted by atomic mass is 16.5. The summed E-state index contributed by atoms with van der Waals surface area (Å²) in [6.07, 6.45) is 1.86. The Kier molecular flexibility index (Phi) is 4.81. The van der Waals surface area contributed by atoms with Crippen molar-refractivity contribution < 1.29 is 9.53 Å². The Hall–Kier alpha value is -1.79. The molecule has 0 aliphatic carbocycles. The Morgan fingerprint density at radius 3 is 2.85 bits per heavy atom. The number of ether oxygens (including phenoxy) is 1. The van der Waals surface area contributed by atoms with Crippen LogP contribution in [0.3, 0.4) is 0 Å². The molecule has 1 aromatic carbocycles. The van der Waals surface area contributed by atoms with Gasteiger partial charge in [0.15, 0.2) is 0 Å². The molecule has 1 aliphatic rings. The molecule has 0 bridgehead atoms. The number of nitrogens with zero attached hydrogens (tertiary/aromatic N) is 1. The first kappa shape index (κ1) is 14.6. The molecule has 6 N–H and O–H groups in total. The zero-order valence-corrected chi connectivity index (χ0v) is 11.5. The van der Waals surface area contributed by atoms with E-state index in [0.717, 1.165) is 12.8 Å². The summed E-state index contributed by atoms with van der Waals surface area (Å²) in [5.74, 6) is -0.0299. The van der Waals surface area contributed by atoms with Crippen LogP contribution < -0.4 is 17.2 Å². The molecule has 0 saturated carbocycles. The van der Waals surface area contributed by atoms with Gasteiger partial charge in [0.1, 0.15) is 0 Å². The second-order valence-electron chi connectivity index (χ2n) is 5.02. The molecular weight excluding hydrogens is 256 g/mol. The first-order valence-corrected chi connectivity index (χ1v) is 6.87. The Morgan fingerprint density at radius 2 is 2.15 bits per heavy atom. The SMILES string of the molecule is NCCCC1CN(C(=O)c2ccc(N)c(N)c2)CCO1. The van der Waals surface area contributed by atoms with Crippen molar-refractivity contribution in [1.82, 2.24) is 4.90 Å². The number of hydrogen-bond acceptors (Lipinski definition) is 5. The molecule has 6 nitrogen and oxygen atoms in total. The van der Waals surface area contributed by atoms with Gasteiger partial charge in [-0.2, -0.15) is 0 Å². The Balaban J connectivity index is 2.02. The van der Waals surface area contributed by atoms with E-state index in [0.29, 0.717) is 43.2 Å². The number of hydrogen-bond donors (Lipinski definition) is 3. The van der Waals surface area contributed by atoms with Gasteiger partial charge >= 0.3 is 0 Å². The second kappa shape index (κ2) is 6.58. The molecule has 6 heteroatoms. The zero-order valence-electron chi connectivity index (χ0n) is 11.5. The standard InChI is InChI=1S/C14H22N4O2/c15-5-1-2-11-9-18(6-7-20-11)14(19)10-3-4-12(16)13(17)8-10/h3-4,8,11H,1-2,5-7,9,15-17H2. The van der Waals surface area contributed by atoms with E-state index < -0.39 is 0 Å². The number of carbonyl (C=O) groups is 1. The molecule has 20 heavy (non-hydrogen) atoms. The highest BCUT2D eigenvalue weighted by Crippen LogP contribution is 2.19. The van der Waals surface area contributed by atoms with Gasteiger partial charge in [-0.1, -0.05) is 0 Å². The van der Waals surface area contributed by atoms with Crippen LogP contribution in [0.15, 0.2) is 18.2 Å². The third-order valence-corrected chi connectivity index (χ3v) is 3.49. The smallest absolute Gasteiger partial charge is 0.254 e. The van der Waals surface area contributed by atoms with Gasteiger partial charge < -0.3 is 26.8 Å². The van der Waals surface area contributed by atoms with Crippen molar-refractivity contribution in [3.8, 4) is 0 Å². The number of rotatable bonds is 4. The van der Waals surface area contributed by atoms with Crippen LogP contribution in [0.2, 0.25) is 0 Å². The van der Waals surface area contributed by atoms with E-state index in [9.17, 15) is 4.79 Å². The van der Waals surface area contributed by atoms with Gasteiger partial charge in [-0.05, 0) is 37.6 Å². The number of benzene rings is 1. The number of morpholine rings is 1. The predicted octanol–water partition coefficient (Wildman–Crippen LogP) is 0.431. The van der Waals surface area contributed by atoms with E-state index >= 15 is 0 Å². The molecule has 2 rings (SSSR count). The van der Waals surface area contributed by atoms with Gasteiger partial charge in [0.05, 0.1) is 24.1 Å². The van der Waals surface area contributed by atoms with Gasteiger partial charge in [-0.25, -0.2) is 0 Å². The van der Waals surface area contributed by atoms with E-state index in [1.54, 1.807) is 23.1 Å². The molecule has 1 amide bonds. The Labute approximate surface area is 118 Å². The topological polar surface area (TPSA) is 108 Å². The van der Waals surface area contributed by atoms with Crippen molar-refractivity contribution in [3.63, 3.8) is 0 Å². The highest BCUT2D eigenvalue weighted by molar-refractivity contribution is 5.96. The molecule has 1 saturated heterocycles. The van der Waals surface area contributed by atoms with Gasteiger partial charge in [0.2, 0.25) is 0 Å². The van der Waals surface area contributed by atoms with Crippen LogP contribution >= 0.6 is 0 Å². The van der Waals surface area contributed by atoms with E-state index in [4.69, 9.17) is 21.9 Å². The summed E-state index contributed by atoms with van der Waals surface area (Å²) in [5, 5.41) is 0. The third-order valence-electron chi connectivity index (χ3n) is 3.49. The van der Waals surface area contributed by atoms with Crippen molar-refractivity contribution in [2.75, 3.05) is 37.7 Å². The summed E-state index contributed by atoms with van der Waals surface area (Å²) in [4.78, 5) is 14.2. The van der Waals surface area contributed by atoms with Crippen molar-refractivity contribution in [2.24, 2.45) is 5.73 Å². The van der Waals surface area contributed by atoms with E-state index in [1.807, 2.05) is 0 Å². The summed E-state index contributed by atoms with van der Waals surface area (Å²) in [6, 6.07) is 5.00. The fourth-order valence-corrected chi connectivity index (χ4v) is 2.31. The van der Waals surface area contributed by atoms with E-state index in [2.05, 4.69) is 0 Å². The molecule has 110 valence electrons. The minimum absolute atomic E-state index is 0.0299. The lowest BCUT2D eigenvalue weighted by Crippen LogP contribution is -2.45. The predicted molar refractivity (Wildman–Crippen MR) is 79.2 cm³/mol. The lowest BCUT2D eigenvalue weighted by Gasteiger charge is -2.33. The first-order valence-electron chi connectivity index (χ1n) is 6.87. The maximum absolute atomic E-state index is 12.4. The summed E-state index contributed by atoms with van der Waals surface area (Å²) >= 11 is 0. The second-order valence-corrected chi connectivity index (χ2v) is 5.02. The van der Waals surface area contributed by atoms with Crippen molar-refractivity contribution in [2.45, 2.75) is 18.9 Å². The Bertz CT molecular complexity index is 478. The van der Waals surface area contributed by atoms with Crippen LogP contribution in [0.1, 0.15) is 23.2 Å². The molecule has 1 fully saturated rings. The first-order chi connectivity index (χ1) is 9.61. The number of nitrogen functional groups attached to an aromatic ring is 2. The molecular formula is C14H22N4O2. The van der Waals surface area contributed by atoms with Gasteiger partial charge in [-0.15, -0.1) is 0 Å². The molecule has 1 unspecified atom stereocenters. The summed E-state index contributed by atoms with van der Waals surface area (Å²) in [6.45, 7) is 2.40. The average Bonchev–Trinajstić information content (AvgIpc) is 2.47. The molecule has 0 spiro atoms. The number of amides is 1. The maximum atomic E-state index is 12.4. The lowest BCUT2D eigenvalue weighted by molar-refractivity contribution is -0.0252. The molecule has 1 atom stereocenters. The van der Waals surface area contributed by atoms with Crippen LogP contribution in [0.5, 0.6) is 0 Å². The number of carbonyl (C=O) groups excluding carboxylic acids is 1. The van der Waals surface area contributed by atoms with Gasteiger partial charge in [-0.3, -0.25) is 4.79 Å². The minimum atomic E-state index is -0.0299. The molecule has 1 heterocycles. The Morgan fingerprint density at radius 1 is 1.35 bits per heavy atom. The number of anilines is 2. The zero-order chi connectivity index (χ0) is 14.5. The van der Waals surface area contributed by atoms with Gasteiger partial charge in [0, 0.05) is 18.7 Å². The molecule has 0 aromatic heterocycles. The molecule has 1 aliphatic heterocycles. The van der Waals surface area contributed by atoms with Crippen LogP contribution in [-0.2, 0) is 4.74 Å². The van der Waals surface area contributed by atoms with Gasteiger partial charge in [0.25, 0.3) is 5.91 Å². The van der Waals surface area contributed by atoms with Crippen LogP contribution in [-0.4, -0.2) is 43.2 Å². The largest absolute Gasteiger partial charge is 0.397 e. The van der Waals surface area contributed by atoms with Crippen LogP contribution in [0, 0.1) is 0 Å². The monoisotopic (exact) mass is 278 g/mol. The fourth-order valence-electron chi connectivity index (χ4n) is 2.31. The quantitative estimate of drug-likeness (QED) is 0.692. The fraction of sp³-hybridized carbons (Fsp3) is 0.500. The molecule has 1 aromatic rings. The summed E-state index contributed by atoms with van der Waals surface area (Å²) < 4.78 is 5.65. The normalized spacial score (nSPS) is 19.1. The highest BCUT2D eigenvalue weighted by Gasteiger charge is 2.24. The van der Waals surface area contributed by atoms with Crippen molar-refractivity contribution in [1.29, 1.82) is 0 Å². The average molecular weight is 278 g/mol. The van der Waals surface area contributed by atoms with Crippen LogP contribution in [0.25, 0.3) is 0 Å².